The van der Waals surface area contributed by atoms with Gasteiger partial charge in [-0.05, 0) is 23.1 Å². The zero-order valence-electron chi connectivity index (χ0n) is 8.28. The van der Waals surface area contributed by atoms with Gasteiger partial charge < -0.3 is 0 Å². The number of halogens is 2. The lowest BCUT2D eigenvalue weighted by Gasteiger charge is -2.16. The first-order valence-corrected chi connectivity index (χ1v) is 6.31. The van der Waals surface area contributed by atoms with E-state index in [0.29, 0.717) is 10.0 Å². The molecule has 0 saturated carbocycles. The molecule has 1 atom stereocenters. The van der Waals surface area contributed by atoms with Gasteiger partial charge in [0, 0.05) is 4.88 Å². The lowest BCUT2D eigenvalue weighted by Crippen LogP contribution is -2.28. The Morgan fingerprint density at radius 3 is 2.62 bits per heavy atom. The summed E-state index contributed by atoms with van der Waals surface area (Å²) in [4.78, 5) is 1.10. The summed E-state index contributed by atoms with van der Waals surface area (Å²) in [6, 6.07) is 9.40. The standard InChI is InChI=1S/C11H10Cl2N2S/c12-8-4-1-3-7(10(8)13)11(15-14)9-5-2-6-16-9/h1-6,11,15H,14H2. The minimum Gasteiger partial charge on any atom is -0.271 e. The molecular weight excluding hydrogens is 263 g/mol. The number of hydrazine groups is 1. The molecule has 16 heavy (non-hydrogen) atoms. The van der Waals surface area contributed by atoms with Crippen LogP contribution in [0.25, 0.3) is 0 Å². The van der Waals surface area contributed by atoms with Crippen molar-refractivity contribution in [3.05, 3.63) is 56.2 Å². The first kappa shape index (κ1) is 11.9. The third-order valence-corrected chi connectivity index (χ3v) is 4.06. The van der Waals surface area contributed by atoms with Crippen molar-refractivity contribution in [3.63, 3.8) is 0 Å². The number of nitrogens with two attached hydrogens (primary N) is 1. The topological polar surface area (TPSA) is 38.0 Å². The molecule has 1 aromatic heterocycles. The van der Waals surface area contributed by atoms with E-state index in [9.17, 15) is 0 Å². The number of nitrogens with one attached hydrogen (secondary N) is 1. The zero-order valence-corrected chi connectivity index (χ0v) is 10.6. The Bertz CT molecular complexity index is 471. The Morgan fingerprint density at radius 2 is 2.00 bits per heavy atom. The van der Waals surface area contributed by atoms with Crippen LogP contribution in [0.2, 0.25) is 10.0 Å². The van der Waals surface area contributed by atoms with Crippen molar-refractivity contribution in [2.45, 2.75) is 6.04 Å². The summed E-state index contributed by atoms with van der Waals surface area (Å²) in [7, 11) is 0. The monoisotopic (exact) mass is 272 g/mol. The van der Waals surface area contributed by atoms with Gasteiger partial charge in [-0.2, -0.15) is 0 Å². The van der Waals surface area contributed by atoms with Gasteiger partial charge in [0.25, 0.3) is 0 Å². The van der Waals surface area contributed by atoms with Crippen LogP contribution in [0.4, 0.5) is 0 Å². The first-order valence-electron chi connectivity index (χ1n) is 4.67. The summed E-state index contributed by atoms with van der Waals surface area (Å²) in [6.07, 6.45) is 0. The predicted molar refractivity (Wildman–Crippen MR) is 69.9 cm³/mol. The fraction of sp³-hybridized carbons (Fsp3) is 0.0909. The van der Waals surface area contributed by atoms with E-state index in [1.807, 2.05) is 29.6 Å². The molecule has 2 nitrogen and oxygen atoms in total. The molecule has 0 aliphatic carbocycles. The molecule has 1 unspecified atom stereocenters. The van der Waals surface area contributed by atoms with Gasteiger partial charge >= 0.3 is 0 Å². The molecule has 0 saturated heterocycles. The second kappa shape index (κ2) is 5.17. The Morgan fingerprint density at radius 1 is 1.19 bits per heavy atom. The van der Waals surface area contributed by atoms with Crippen LogP contribution in [0.3, 0.4) is 0 Å². The maximum absolute atomic E-state index is 6.16. The fourth-order valence-electron chi connectivity index (χ4n) is 1.52. The van der Waals surface area contributed by atoms with Crippen molar-refractivity contribution in [1.82, 2.24) is 5.43 Å². The van der Waals surface area contributed by atoms with E-state index in [4.69, 9.17) is 29.0 Å². The average Bonchev–Trinajstić information content (AvgIpc) is 2.79. The quantitative estimate of drug-likeness (QED) is 0.662. The van der Waals surface area contributed by atoms with Crippen LogP contribution in [-0.2, 0) is 0 Å². The summed E-state index contributed by atoms with van der Waals surface area (Å²) in [5, 5.41) is 3.08. The highest BCUT2D eigenvalue weighted by atomic mass is 35.5. The number of thiophene rings is 1. The van der Waals surface area contributed by atoms with Gasteiger partial charge in [-0.25, -0.2) is 5.43 Å². The van der Waals surface area contributed by atoms with E-state index in [0.717, 1.165) is 10.4 Å². The van der Waals surface area contributed by atoms with Gasteiger partial charge in [-0.15, -0.1) is 11.3 Å². The maximum Gasteiger partial charge on any atom is 0.0817 e. The second-order valence-electron chi connectivity index (χ2n) is 3.26. The molecule has 0 bridgehead atoms. The Kier molecular flexibility index (Phi) is 3.84. The SMILES string of the molecule is NNC(c1cccs1)c1cccc(Cl)c1Cl. The van der Waals surface area contributed by atoms with Crippen molar-refractivity contribution in [2.24, 2.45) is 5.84 Å². The molecule has 5 heteroatoms. The fourth-order valence-corrected chi connectivity index (χ4v) is 2.74. The van der Waals surface area contributed by atoms with Crippen LogP contribution in [-0.4, -0.2) is 0 Å². The van der Waals surface area contributed by atoms with Crippen molar-refractivity contribution < 1.29 is 0 Å². The Balaban J connectivity index is 2.45. The molecule has 2 aromatic rings. The largest absolute Gasteiger partial charge is 0.271 e. The van der Waals surface area contributed by atoms with Gasteiger partial charge in [0.2, 0.25) is 0 Å². The highest BCUT2D eigenvalue weighted by Crippen LogP contribution is 2.34. The smallest absolute Gasteiger partial charge is 0.0817 e. The van der Waals surface area contributed by atoms with Crippen LogP contribution in [0.5, 0.6) is 0 Å². The van der Waals surface area contributed by atoms with Gasteiger partial charge in [0.1, 0.15) is 0 Å². The summed E-state index contributed by atoms with van der Waals surface area (Å²) in [6.45, 7) is 0. The second-order valence-corrected chi connectivity index (χ2v) is 5.02. The normalized spacial score (nSPS) is 12.7. The van der Waals surface area contributed by atoms with Gasteiger partial charge in [-0.3, -0.25) is 5.84 Å². The highest BCUT2D eigenvalue weighted by Gasteiger charge is 2.17. The molecule has 0 aliphatic rings. The minimum atomic E-state index is -0.119. The van der Waals surface area contributed by atoms with Crippen LogP contribution in [0.15, 0.2) is 35.7 Å². The number of hydrogen-bond donors (Lipinski definition) is 2. The average molecular weight is 273 g/mol. The van der Waals surface area contributed by atoms with E-state index in [1.54, 1.807) is 17.4 Å². The third-order valence-electron chi connectivity index (χ3n) is 2.29. The molecule has 1 heterocycles. The molecule has 0 aliphatic heterocycles. The molecule has 1 aromatic carbocycles. The summed E-state index contributed by atoms with van der Waals surface area (Å²) >= 11 is 13.8. The van der Waals surface area contributed by atoms with E-state index in [2.05, 4.69) is 5.43 Å². The molecule has 0 radical (unpaired) electrons. The van der Waals surface area contributed by atoms with Crippen molar-refractivity contribution in [3.8, 4) is 0 Å². The molecular formula is C11H10Cl2N2S. The van der Waals surface area contributed by atoms with Crippen LogP contribution < -0.4 is 11.3 Å². The predicted octanol–water partition coefficient (Wildman–Crippen LogP) is 3.61. The van der Waals surface area contributed by atoms with Crippen molar-refractivity contribution in [1.29, 1.82) is 0 Å². The molecule has 3 N–H and O–H groups in total. The third kappa shape index (κ3) is 2.24. The lowest BCUT2D eigenvalue weighted by molar-refractivity contribution is 0.647. The van der Waals surface area contributed by atoms with E-state index in [1.165, 1.54) is 0 Å². The molecule has 2 rings (SSSR count). The van der Waals surface area contributed by atoms with Gasteiger partial charge in [0.15, 0.2) is 0 Å². The van der Waals surface area contributed by atoms with Crippen LogP contribution in [0, 0.1) is 0 Å². The van der Waals surface area contributed by atoms with Crippen molar-refractivity contribution >= 4 is 34.5 Å². The van der Waals surface area contributed by atoms with Crippen LogP contribution in [0.1, 0.15) is 16.5 Å². The Labute approximate surface area is 108 Å². The van der Waals surface area contributed by atoms with Gasteiger partial charge in [0.05, 0.1) is 16.1 Å². The molecule has 0 spiro atoms. The molecule has 0 amide bonds. The number of benzene rings is 1. The van der Waals surface area contributed by atoms with E-state index >= 15 is 0 Å². The number of hydrogen-bond acceptors (Lipinski definition) is 3. The number of rotatable bonds is 3. The maximum atomic E-state index is 6.16. The lowest BCUT2D eigenvalue weighted by atomic mass is 10.1. The van der Waals surface area contributed by atoms with Gasteiger partial charge in [-0.1, -0.05) is 41.4 Å². The van der Waals surface area contributed by atoms with Crippen LogP contribution >= 0.6 is 34.5 Å². The van der Waals surface area contributed by atoms with E-state index in [-0.39, 0.29) is 6.04 Å². The first-order chi connectivity index (χ1) is 7.74. The summed E-state index contributed by atoms with van der Waals surface area (Å²) < 4.78 is 0. The Hall–Kier alpha value is -0.580. The molecule has 84 valence electrons. The molecule has 0 fully saturated rings. The van der Waals surface area contributed by atoms with Crippen molar-refractivity contribution in [2.75, 3.05) is 0 Å². The summed E-state index contributed by atoms with van der Waals surface area (Å²) in [5.41, 5.74) is 3.64. The minimum absolute atomic E-state index is 0.119. The highest BCUT2D eigenvalue weighted by molar-refractivity contribution is 7.10. The zero-order chi connectivity index (χ0) is 11.5. The van der Waals surface area contributed by atoms with E-state index < -0.39 is 0 Å². The summed E-state index contributed by atoms with van der Waals surface area (Å²) in [5.74, 6) is 5.57.